The van der Waals surface area contributed by atoms with E-state index < -0.39 is 0 Å². The number of pyridine rings is 1. The highest BCUT2D eigenvalue weighted by Crippen LogP contribution is 2.30. The van der Waals surface area contributed by atoms with Crippen molar-refractivity contribution in [2.45, 2.75) is 33.2 Å². The van der Waals surface area contributed by atoms with Crippen LogP contribution in [0.2, 0.25) is 0 Å². The summed E-state index contributed by atoms with van der Waals surface area (Å²) >= 11 is 0. The lowest BCUT2D eigenvalue weighted by Gasteiger charge is -2.27. The maximum absolute atomic E-state index is 12.0. The number of likely N-dealkylation sites (N-methyl/N-ethyl adjacent to an activating group) is 2. The van der Waals surface area contributed by atoms with E-state index in [4.69, 9.17) is 20.4 Å². The number of aryl methyl sites for hydroxylation is 2. The number of morpholine rings is 1. The molecule has 1 unspecified atom stereocenters. The van der Waals surface area contributed by atoms with E-state index in [1.165, 1.54) is 0 Å². The lowest BCUT2D eigenvalue weighted by molar-refractivity contribution is -0.117. The standard InChI is InChI=1S/C26H26N6O2.C4H9NO/c1-16-25(17(2)29-26(28-16)32-10-12-34-13-11-32)20-6-9-23(27)30-21(20)7-4-18-5-8-22-19(14-18)15-24(33)31(22)3;1-4(3-6)5-2/h5-6,8-9,14H,10-13,15H2,1-3H3,(H2,27,30);3-5H,1-2H3. The molecule has 1 aromatic carbocycles. The summed E-state index contributed by atoms with van der Waals surface area (Å²) < 4.78 is 5.45. The molecular weight excluding hydrogens is 506 g/mol. The van der Waals surface area contributed by atoms with Crippen molar-refractivity contribution < 1.29 is 14.3 Å². The third-order valence-corrected chi connectivity index (χ3v) is 6.88. The zero-order valence-electron chi connectivity index (χ0n) is 23.6. The van der Waals surface area contributed by atoms with Crippen LogP contribution in [0, 0.1) is 25.7 Å². The van der Waals surface area contributed by atoms with Crippen LogP contribution in [0.15, 0.2) is 30.3 Å². The summed E-state index contributed by atoms with van der Waals surface area (Å²) in [6.45, 7) is 8.68. The summed E-state index contributed by atoms with van der Waals surface area (Å²) in [7, 11) is 3.54. The number of aromatic nitrogens is 3. The minimum absolute atomic E-state index is 0.00463. The van der Waals surface area contributed by atoms with Crippen molar-refractivity contribution in [3.05, 3.63) is 58.5 Å². The normalized spacial score (nSPS) is 15.0. The Morgan fingerprint density at radius 2 is 1.77 bits per heavy atom. The van der Waals surface area contributed by atoms with Gasteiger partial charge in [-0.15, -0.1) is 0 Å². The Morgan fingerprint density at radius 1 is 1.07 bits per heavy atom. The quantitative estimate of drug-likeness (QED) is 0.378. The van der Waals surface area contributed by atoms with Gasteiger partial charge in [-0.2, -0.15) is 0 Å². The first-order chi connectivity index (χ1) is 19.2. The molecule has 1 amide bonds. The van der Waals surface area contributed by atoms with Crippen molar-refractivity contribution >= 4 is 29.6 Å². The number of fused-ring (bicyclic) bond motifs is 1. The third-order valence-electron chi connectivity index (χ3n) is 6.88. The Hall–Kier alpha value is -4.33. The summed E-state index contributed by atoms with van der Waals surface area (Å²) in [4.78, 5) is 39.6. The Kier molecular flexibility index (Phi) is 9.09. The summed E-state index contributed by atoms with van der Waals surface area (Å²) in [5.74, 6) is 7.60. The van der Waals surface area contributed by atoms with Crippen LogP contribution in [0.3, 0.4) is 0 Å². The molecule has 40 heavy (non-hydrogen) atoms. The van der Waals surface area contributed by atoms with Gasteiger partial charge in [0.1, 0.15) is 17.8 Å². The van der Waals surface area contributed by atoms with E-state index >= 15 is 0 Å². The van der Waals surface area contributed by atoms with E-state index in [9.17, 15) is 9.59 Å². The number of nitrogens with two attached hydrogens (primary N) is 1. The van der Waals surface area contributed by atoms with Gasteiger partial charge in [-0.1, -0.05) is 5.92 Å². The predicted molar refractivity (Wildman–Crippen MR) is 156 cm³/mol. The second kappa shape index (κ2) is 12.7. The summed E-state index contributed by atoms with van der Waals surface area (Å²) in [5, 5.41) is 2.75. The number of benzene rings is 1. The monoisotopic (exact) mass is 541 g/mol. The average molecular weight is 542 g/mol. The fourth-order valence-corrected chi connectivity index (χ4v) is 4.51. The zero-order valence-corrected chi connectivity index (χ0v) is 23.6. The van der Waals surface area contributed by atoms with E-state index in [1.54, 1.807) is 32.0 Å². The molecule has 4 heterocycles. The van der Waals surface area contributed by atoms with Crippen molar-refractivity contribution in [3.63, 3.8) is 0 Å². The van der Waals surface area contributed by atoms with E-state index in [2.05, 4.69) is 27.0 Å². The summed E-state index contributed by atoms with van der Waals surface area (Å²) in [5.41, 5.74) is 12.8. The molecule has 0 aliphatic carbocycles. The first-order valence-electron chi connectivity index (χ1n) is 13.2. The SMILES string of the molecule is CNC(C)C=O.Cc1nc(N2CCOCC2)nc(C)c1-c1ccc(N)nc1C#Cc1ccc2c(c1)CC(=O)N2C. The van der Waals surface area contributed by atoms with Gasteiger partial charge in [-0.05, 0) is 69.6 Å². The molecule has 0 radical (unpaired) electrons. The maximum atomic E-state index is 12.0. The number of anilines is 3. The lowest BCUT2D eigenvalue weighted by atomic mass is 10.0. The van der Waals surface area contributed by atoms with Crippen LogP contribution in [0.5, 0.6) is 0 Å². The van der Waals surface area contributed by atoms with Crippen molar-refractivity contribution in [1.29, 1.82) is 0 Å². The minimum Gasteiger partial charge on any atom is -0.384 e. The van der Waals surface area contributed by atoms with Crippen LogP contribution in [-0.4, -0.2) is 73.6 Å². The van der Waals surface area contributed by atoms with Crippen LogP contribution in [0.4, 0.5) is 17.5 Å². The highest BCUT2D eigenvalue weighted by Gasteiger charge is 2.24. The molecule has 0 bridgehead atoms. The second-order valence-corrected chi connectivity index (χ2v) is 9.74. The Labute approximate surface area is 235 Å². The van der Waals surface area contributed by atoms with Gasteiger partial charge in [0.15, 0.2) is 0 Å². The van der Waals surface area contributed by atoms with Crippen LogP contribution < -0.4 is 20.9 Å². The molecule has 1 atom stereocenters. The fourth-order valence-electron chi connectivity index (χ4n) is 4.51. The molecule has 3 N–H and O–H groups in total. The number of aldehydes is 1. The number of carbonyl (C=O) groups excluding carboxylic acids is 2. The van der Waals surface area contributed by atoms with Gasteiger partial charge in [0.2, 0.25) is 11.9 Å². The van der Waals surface area contributed by atoms with E-state index in [1.807, 2.05) is 38.1 Å². The lowest BCUT2D eigenvalue weighted by Crippen LogP contribution is -2.37. The topological polar surface area (TPSA) is 127 Å². The number of nitrogen functional groups attached to an aromatic ring is 1. The van der Waals surface area contributed by atoms with Gasteiger partial charge in [-0.3, -0.25) is 4.79 Å². The smallest absolute Gasteiger partial charge is 0.231 e. The molecule has 2 aliphatic rings. The molecular formula is C30H35N7O3. The van der Waals surface area contributed by atoms with Crippen LogP contribution in [0.25, 0.3) is 11.1 Å². The van der Waals surface area contributed by atoms with Crippen molar-refractivity contribution in [1.82, 2.24) is 20.3 Å². The third kappa shape index (κ3) is 6.45. The highest BCUT2D eigenvalue weighted by molar-refractivity contribution is 6.01. The van der Waals surface area contributed by atoms with Gasteiger partial charge < -0.3 is 30.4 Å². The molecule has 1 fully saturated rings. The zero-order chi connectivity index (χ0) is 28.8. The molecule has 5 rings (SSSR count). The van der Waals surface area contributed by atoms with Gasteiger partial charge in [-0.25, -0.2) is 15.0 Å². The van der Waals surface area contributed by atoms with Gasteiger partial charge in [0.05, 0.1) is 37.1 Å². The molecule has 1 saturated heterocycles. The number of nitrogens with zero attached hydrogens (tertiary/aromatic N) is 5. The first-order valence-corrected chi connectivity index (χ1v) is 13.2. The Balaban J connectivity index is 0.000000557. The molecule has 2 aromatic heterocycles. The molecule has 10 heteroatoms. The number of nitrogens with one attached hydrogen (secondary N) is 1. The summed E-state index contributed by atoms with van der Waals surface area (Å²) in [6, 6.07) is 9.52. The highest BCUT2D eigenvalue weighted by atomic mass is 16.5. The second-order valence-electron chi connectivity index (χ2n) is 9.74. The Bertz CT molecular complexity index is 1450. The van der Waals surface area contributed by atoms with Gasteiger partial charge in [0.25, 0.3) is 0 Å². The average Bonchev–Trinajstić information content (AvgIpc) is 3.24. The van der Waals surface area contributed by atoms with Crippen LogP contribution in [-0.2, 0) is 20.7 Å². The molecule has 3 aromatic rings. The van der Waals surface area contributed by atoms with Crippen LogP contribution >= 0.6 is 0 Å². The van der Waals surface area contributed by atoms with Gasteiger partial charge in [0, 0.05) is 42.5 Å². The predicted octanol–water partition coefficient (Wildman–Crippen LogP) is 2.29. The number of amides is 1. The van der Waals surface area contributed by atoms with Gasteiger partial charge >= 0.3 is 0 Å². The van der Waals surface area contributed by atoms with Crippen molar-refractivity contribution in [2.75, 3.05) is 55.9 Å². The van der Waals surface area contributed by atoms with E-state index in [0.717, 1.165) is 64.7 Å². The number of hydrogen-bond donors (Lipinski definition) is 2. The first kappa shape index (κ1) is 28.7. The minimum atomic E-state index is 0.00463. The largest absolute Gasteiger partial charge is 0.384 e. The Morgan fingerprint density at radius 3 is 2.40 bits per heavy atom. The number of carbonyl (C=O) groups is 2. The van der Waals surface area contributed by atoms with Crippen molar-refractivity contribution in [3.8, 4) is 23.0 Å². The number of rotatable bonds is 4. The number of ether oxygens (including phenoxy) is 1. The molecule has 0 spiro atoms. The molecule has 2 aliphatic heterocycles. The maximum Gasteiger partial charge on any atom is 0.231 e. The molecule has 208 valence electrons. The van der Waals surface area contributed by atoms with Crippen molar-refractivity contribution in [2.24, 2.45) is 0 Å². The van der Waals surface area contributed by atoms with E-state index in [-0.39, 0.29) is 11.9 Å². The number of hydrogen-bond acceptors (Lipinski definition) is 9. The fraction of sp³-hybridized carbons (Fsp3) is 0.367. The molecule has 10 nitrogen and oxygen atoms in total. The van der Waals surface area contributed by atoms with Crippen LogP contribution in [0.1, 0.15) is 35.1 Å². The van der Waals surface area contributed by atoms with E-state index in [0.29, 0.717) is 31.1 Å². The molecule has 0 saturated carbocycles. The summed E-state index contributed by atoms with van der Waals surface area (Å²) in [6.07, 6.45) is 1.26.